The van der Waals surface area contributed by atoms with Gasteiger partial charge < -0.3 is 9.64 Å². The highest BCUT2D eigenvalue weighted by Crippen LogP contribution is 2.36. The number of nitriles is 1. The third-order valence-electron chi connectivity index (χ3n) is 5.62. The second kappa shape index (κ2) is 8.49. The topological polar surface area (TPSA) is 96.2 Å². The van der Waals surface area contributed by atoms with Crippen LogP contribution in [0.1, 0.15) is 35.9 Å². The van der Waals surface area contributed by atoms with Crippen LogP contribution in [0.2, 0.25) is 0 Å². The number of morpholine rings is 1. The number of hydrogen-bond acceptors (Lipinski definition) is 7. The summed E-state index contributed by atoms with van der Waals surface area (Å²) >= 11 is 0. The average Bonchev–Trinajstić information content (AvgIpc) is 2.74. The lowest BCUT2D eigenvalue weighted by Gasteiger charge is -2.37. The number of fused-ring (bicyclic) bond motifs is 1. The van der Waals surface area contributed by atoms with Crippen molar-refractivity contribution >= 4 is 26.7 Å². The van der Waals surface area contributed by atoms with Gasteiger partial charge in [0, 0.05) is 13.1 Å². The maximum Gasteiger partial charge on any atom is 0.200 e. The highest BCUT2D eigenvalue weighted by atomic mass is 32.2. The van der Waals surface area contributed by atoms with Gasteiger partial charge in [-0.05, 0) is 57.0 Å². The average molecular weight is 451 g/mol. The van der Waals surface area contributed by atoms with Crippen LogP contribution in [0, 0.1) is 25.2 Å². The molecule has 2 aromatic carbocycles. The number of aryl methyl sites for hydroxylation is 2. The van der Waals surface area contributed by atoms with E-state index in [2.05, 4.69) is 4.98 Å². The molecule has 1 aliphatic heterocycles. The Hall–Kier alpha value is -3.02. The molecule has 7 nitrogen and oxygen atoms in total. The Morgan fingerprint density at radius 2 is 1.69 bits per heavy atom. The van der Waals surface area contributed by atoms with Gasteiger partial charge in [-0.3, -0.25) is 0 Å². The van der Waals surface area contributed by atoms with Crippen molar-refractivity contribution in [2.45, 2.75) is 50.0 Å². The highest BCUT2D eigenvalue weighted by Gasteiger charge is 2.37. The molecule has 3 atom stereocenters. The molecular weight excluding hydrogens is 424 g/mol. The van der Waals surface area contributed by atoms with Crippen LogP contribution in [0.15, 0.2) is 47.4 Å². The van der Waals surface area contributed by atoms with Gasteiger partial charge in [0.2, 0.25) is 9.84 Å². The Morgan fingerprint density at radius 3 is 2.31 bits per heavy atom. The van der Waals surface area contributed by atoms with E-state index in [0.29, 0.717) is 35.5 Å². The Morgan fingerprint density at radius 1 is 1.06 bits per heavy atom. The lowest BCUT2D eigenvalue weighted by atomic mass is 10.2. The third kappa shape index (κ3) is 4.06. The predicted molar refractivity (Wildman–Crippen MR) is 123 cm³/mol. The third-order valence-corrected chi connectivity index (χ3v) is 7.63. The summed E-state index contributed by atoms with van der Waals surface area (Å²) in [5.41, 5.74) is 2.77. The molecule has 32 heavy (non-hydrogen) atoms. The minimum Gasteiger partial charge on any atom is -0.372 e. The number of aromatic nitrogens is 2. The van der Waals surface area contributed by atoms with Crippen LogP contribution in [-0.2, 0) is 14.6 Å². The van der Waals surface area contributed by atoms with E-state index in [0.717, 1.165) is 5.56 Å². The largest absolute Gasteiger partial charge is 0.372 e. The minimum atomic E-state index is -4.04. The fourth-order valence-corrected chi connectivity index (χ4v) is 5.89. The van der Waals surface area contributed by atoms with Crippen LogP contribution in [0.3, 0.4) is 0 Å². The molecule has 0 spiro atoms. The summed E-state index contributed by atoms with van der Waals surface area (Å²) in [4.78, 5) is 11.6. The molecule has 1 aromatic heterocycles. The number of para-hydroxylation sites is 2. The first-order valence-corrected chi connectivity index (χ1v) is 12.1. The number of benzene rings is 2. The van der Waals surface area contributed by atoms with Gasteiger partial charge in [0.1, 0.15) is 5.69 Å². The van der Waals surface area contributed by atoms with Crippen LogP contribution >= 0.6 is 0 Å². The summed E-state index contributed by atoms with van der Waals surface area (Å²) < 4.78 is 33.3. The predicted octanol–water partition coefficient (Wildman–Crippen LogP) is 3.90. The zero-order chi connectivity index (χ0) is 23.0. The van der Waals surface area contributed by atoms with E-state index in [1.54, 1.807) is 25.1 Å². The Bertz CT molecular complexity index is 1310. The molecule has 1 saturated heterocycles. The first kappa shape index (κ1) is 22.2. The number of sulfone groups is 1. The molecule has 2 heterocycles. The molecule has 0 saturated carbocycles. The van der Waals surface area contributed by atoms with Crippen molar-refractivity contribution in [2.75, 3.05) is 18.0 Å². The molecule has 166 valence electrons. The van der Waals surface area contributed by atoms with Crippen molar-refractivity contribution in [1.29, 1.82) is 5.26 Å². The van der Waals surface area contributed by atoms with Crippen molar-refractivity contribution in [3.8, 4) is 6.07 Å². The number of anilines is 1. The van der Waals surface area contributed by atoms with Crippen LogP contribution in [0.5, 0.6) is 0 Å². The number of hydrogen-bond donors (Lipinski definition) is 0. The molecule has 0 amide bonds. The zero-order valence-corrected chi connectivity index (χ0v) is 19.4. The second-order valence-electron chi connectivity index (χ2n) is 8.41. The lowest BCUT2D eigenvalue weighted by molar-refractivity contribution is -0.00550. The molecule has 1 aliphatic rings. The van der Waals surface area contributed by atoms with Crippen LogP contribution < -0.4 is 4.90 Å². The molecule has 1 fully saturated rings. The summed E-state index contributed by atoms with van der Waals surface area (Å²) in [7, 11) is -4.04. The van der Waals surface area contributed by atoms with Crippen molar-refractivity contribution in [2.24, 2.45) is 0 Å². The smallest absolute Gasteiger partial charge is 0.200 e. The molecular formula is C24H26N4O3S. The molecule has 0 N–H and O–H groups in total. The molecule has 0 bridgehead atoms. The first-order valence-electron chi connectivity index (χ1n) is 10.6. The molecule has 3 aromatic rings. The number of nitrogens with zero attached hydrogens (tertiary/aromatic N) is 4. The van der Waals surface area contributed by atoms with Gasteiger partial charge in [-0.1, -0.05) is 24.3 Å². The Kier molecular flexibility index (Phi) is 5.89. The van der Waals surface area contributed by atoms with Crippen LogP contribution in [0.25, 0.3) is 11.0 Å². The van der Waals surface area contributed by atoms with E-state index < -0.39 is 15.1 Å². The van der Waals surface area contributed by atoms with E-state index in [9.17, 15) is 13.7 Å². The van der Waals surface area contributed by atoms with Crippen molar-refractivity contribution in [3.63, 3.8) is 0 Å². The van der Waals surface area contributed by atoms with Crippen molar-refractivity contribution < 1.29 is 13.2 Å². The Balaban J connectivity index is 1.93. The quantitative estimate of drug-likeness (QED) is 0.595. The first-order chi connectivity index (χ1) is 15.2. The molecule has 8 heteroatoms. The fraction of sp³-hybridized carbons (Fsp3) is 0.375. The minimum absolute atomic E-state index is 0.0592. The van der Waals surface area contributed by atoms with Gasteiger partial charge >= 0.3 is 0 Å². The molecule has 4 rings (SSSR count). The van der Waals surface area contributed by atoms with E-state index in [4.69, 9.17) is 9.72 Å². The zero-order valence-electron chi connectivity index (χ0n) is 18.6. The standard InChI is InChI=1S/C24H26N4O3S/c1-15-9-10-16(2)21(11-15)32(29,30)22(12-25)23-24(28-13-17(3)31-18(4)14-28)27-20-8-6-5-7-19(20)26-23/h5-11,17-18,22H,13-14H2,1-4H3/t17-,18+,22-/m0/s1. The van der Waals surface area contributed by atoms with E-state index in [-0.39, 0.29) is 22.8 Å². The Labute approximate surface area is 188 Å². The maximum absolute atomic E-state index is 13.7. The normalized spacial score (nSPS) is 20.2. The van der Waals surface area contributed by atoms with Gasteiger partial charge in [-0.15, -0.1) is 0 Å². The molecule has 0 radical (unpaired) electrons. The summed E-state index contributed by atoms with van der Waals surface area (Å²) in [6.45, 7) is 8.56. The fourth-order valence-electron chi connectivity index (χ4n) is 4.18. The van der Waals surface area contributed by atoms with Gasteiger partial charge in [-0.25, -0.2) is 18.4 Å². The highest BCUT2D eigenvalue weighted by molar-refractivity contribution is 7.92. The summed E-state index contributed by atoms with van der Waals surface area (Å²) in [5.74, 6) is 0.422. The van der Waals surface area contributed by atoms with E-state index >= 15 is 0 Å². The number of rotatable bonds is 4. The molecule has 0 unspecified atom stereocenters. The van der Waals surface area contributed by atoms with E-state index in [1.807, 2.05) is 56.0 Å². The second-order valence-corrected chi connectivity index (χ2v) is 10.4. The van der Waals surface area contributed by atoms with Crippen molar-refractivity contribution in [1.82, 2.24) is 9.97 Å². The van der Waals surface area contributed by atoms with E-state index in [1.165, 1.54) is 0 Å². The molecule has 0 aliphatic carbocycles. The van der Waals surface area contributed by atoms with Crippen molar-refractivity contribution in [3.05, 3.63) is 59.3 Å². The van der Waals surface area contributed by atoms with Gasteiger partial charge in [-0.2, -0.15) is 5.26 Å². The SMILES string of the molecule is Cc1ccc(C)c(S(=O)(=O)[C@@H](C#N)c2nc3ccccc3nc2N2C[C@@H](C)O[C@@H](C)C2)c1. The van der Waals surface area contributed by atoms with Gasteiger partial charge in [0.15, 0.2) is 11.1 Å². The maximum atomic E-state index is 13.7. The summed E-state index contributed by atoms with van der Waals surface area (Å²) in [5, 5.41) is 8.61. The summed E-state index contributed by atoms with van der Waals surface area (Å²) in [6, 6.07) is 14.5. The van der Waals surface area contributed by atoms with Gasteiger partial charge in [0.05, 0.1) is 34.2 Å². The summed E-state index contributed by atoms with van der Waals surface area (Å²) in [6.07, 6.45) is -0.118. The lowest BCUT2D eigenvalue weighted by Crippen LogP contribution is -2.46. The van der Waals surface area contributed by atoms with Gasteiger partial charge in [0.25, 0.3) is 0 Å². The number of ether oxygens (including phenoxy) is 1. The van der Waals surface area contributed by atoms with Crippen LogP contribution in [0.4, 0.5) is 5.82 Å². The van der Waals surface area contributed by atoms with Crippen LogP contribution in [-0.4, -0.2) is 43.7 Å². The monoisotopic (exact) mass is 450 g/mol.